The van der Waals surface area contributed by atoms with E-state index in [1.807, 2.05) is 6.92 Å². The maximum absolute atomic E-state index is 14.8. The number of aromatic nitrogens is 2. The second-order valence-corrected chi connectivity index (χ2v) is 8.53. The predicted molar refractivity (Wildman–Crippen MR) is 118 cm³/mol. The summed E-state index contributed by atoms with van der Waals surface area (Å²) in [6.07, 6.45) is -2.70. The smallest absolute Gasteiger partial charge is 0.380 e. The van der Waals surface area contributed by atoms with Crippen molar-refractivity contribution < 1.29 is 22.7 Å². The Morgan fingerprint density at radius 2 is 1.82 bits per heavy atom. The minimum atomic E-state index is -4.81. The van der Waals surface area contributed by atoms with E-state index in [0.717, 1.165) is 0 Å². The molecule has 10 heteroatoms. The van der Waals surface area contributed by atoms with Gasteiger partial charge in [0.2, 0.25) is 0 Å². The Labute approximate surface area is 189 Å². The van der Waals surface area contributed by atoms with E-state index in [1.165, 1.54) is 39.1 Å². The van der Waals surface area contributed by atoms with Crippen LogP contribution in [0.3, 0.4) is 0 Å². The highest BCUT2D eigenvalue weighted by atomic mass is 19.4. The van der Waals surface area contributed by atoms with Crippen molar-refractivity contribution in [3.63, 3.8) is 0 Å². The lowest BCUT2D eigenvalue weighted by Gasteiger charge is -2.41. The minimum absolute atomic E-state index is 0.104. The van der Waals surface area contributed by atoms with Gasteiger partial charge in [0.25, 0.3) is 0 Å². The molecule has 0 saturated carbocycles. The van der Waals surface area contributed by atoms with Crippen LogP contribution in [-0.2, 0) is 0 Å². The van der Waals surface area contributed by atoms with Crippen LogP contribution in [0.1, 0.15) is 51.1 Å². The van der Waals surface area contributed by atoms with Crippen LogP contribution in [0.15, 0.2) is 35.5 Å². The molecule has 3 rings (SSSR count). The fourth-order valence-corrected chi connectivity index (χ4v) is 4.18. The number of aliphatic imine (C=N–C) groups is 1. The molecular formula is C23H27F4N5O. The van der Waals surface area contributed by atoms with Crippen molar-refractivity contribution in [1.29, 1.82) is 5.41 Å². The van der Waals surface area contributed by atoms with E-state index in [-0.39, 0.29) is 29.6 Å². The lowest BCUT2D eigenvalue weighted by Crippen LogP contribution is -2.57. The van der Waals surface area contributed by atoms with E-state index in [1.54, 1.807) is 17.0 Å². The molecule has 2 unspecified atom stereocenters. The van der Waals surface area contributed by atoms with Gasteiger partial charge in [0.05, 0.1) is 0 Å². The second kappa shape index (κ2) is 9.17. The quantitative estimate of drug-likeness (QED) is 0.559. The molecular weight excluding hydrogens is 438 g/mol. The molecule has 0 spiro atoms. The van der Waals surface area contributed by atoms with Crippen LogP contribution < -0.4 is 4.90 Å². The van der Waals surface area contributed by atoms with Crippen molar-refractivity contribution >= 4 is 17.4 Å². The van der Waals surface area contributed by atoms with Gasteiger partial charge >= 0.3 is 6.18 Å². The zero-order valence-corrected chi connectivity index (χ0v) is 18.9. The highest BCUT2D eigenvalue weighted by molar-refractivity contribution is 6.26. The van der Waals surface area contributed by atoms with Gasteiger partial charge in [-0.25, -0.2) is 14.4 Å². The summed E-state index contributed by atoms with van der Waals surface area (Å²) in [5, 5.41) is 18.6. The number of nitrogens with zero attached hydrogens (tertiary/aromatic N) is 4. The SMILES string of the molecule is CCCN(CC(C)C(O)(C(C)C)C(F)(F)F)c1ccc(F)c(C2=NC(=N)c3ncccc32)n1. The molecule has 0 aliphatic carbocycles. The van der Waals surface area contributed by atoms with Crippen LogP contribution in [0.25, 0.3) is 0 Å². The van der Waals surface area contributed by atoms with Crippen molar-refractivity contribution in [3.8, 4) is 0 Å². The Hall–Kier alpha value is -2.88. The summed E-state index contributed by atoms with van der Waals surface area (Å²) in [6.45, 7) is 6.10. The van der Waals surface area contributed by atoms with Gasteiger partial charge in [-0.2, -0.15) is 13.2 Å². The summed E-state index contributed by atoms with van der Waals surface area (Å²) < 4.78 is 56.1. The zero-order chi connectivity index (χ0) is 24.6. The standard InChI is InChI=1S/C23H27F4N5O/c1-5-11-32(12-14(4)22(33,13(2)3)23(25,26)27)17-9-8-16(24)20(30-17)18-15-7-6-10-29-19(15)21(28)31-18/h6-10,13-14,28,33H,5,11-12H2,1-4H3. The number of hydrogen-bond donors (Lipinski definition) is 2. The van der Waals surface area contributed by atoms with E-state index in [4.69, 9.17) is 5.41 Å². The Bertz CT molecular complexity index is 1070. The van der Waals surface area contributed by atoms with Crippen molar-refractivity contribution in [3.05, 3.63) is 53.2 Å². The third-order valence-electron chi connectivity index (χ3n) is 5.96. The predicted octanol–water partition coefficient (Wildman–Crippen LogP) is 4.59. The number of pyridine rings is 2. The summed E-state index contributed by atoms with van der Waals surface area (Å²) in [6, 6.07) is 5.89. The van der Waals surface area contributed by atoms with Crippen LogP contribution >= 0.6 is 0 Å². The lowest BCUT2D eigenvalue weighted by atomic mass is 9.78. The summed E-state index contributed by atoms with van der Waals surface area (Å²) in [4.78, 5) is 14.2. The second-order valence-electron chi connectivity index (χ2n) is 8.53. The summed E-state index contributed by atoms with van der Waals surface area (Å²) in [5.74, 6) is -2.75. The molecule has 2 atom stereocenters. The van der Waals surface area contributed by atoms with Gasteiger partial charge in [-0.15, -0.1) is 0 Å². The number of alkyl halides is 3. The monoisotopic (exact) mass is 465 g/mol. The molecule has 178 valence electrons. The molecule has 2 N–H and O–H groups in total. The zero-order valence-electron chi connectivity index (χ0n) is 18.9. The highest BCUT2D eigenvalue weighted by Gasteiger charge is 2.59. The van der Waals surface area contributed by atoms with E-state index < -0.39 is 29.4 Å². The molecule has 2 aromatic heterocycles. The number of anilines is 1. The molecule has 6 nitrogen and oxygen atoms in total. The Morgan fingerprint density at radius 1 is 1.12 bits per heavy atom. The fourth-order valence-electron chi connectivity index (χ4n) is 4.18. The van der Waals surface area contributed by atoms with E-state index >= 15 is 0 Å². The molecule has 0 bridgehead atoms. The normalized spacial score (nSPS) is 16.4. The molecule has 3 heterocycles. The van der Waals surface area contributed by atoms with E-state index in [9.17, 15) is 22.7 Å². The van der Waals surface area contributed by atoms with Gasteiger partial charge in [0, 0.05) is 30.8 Å². The molecule has 33 heavy (non-hydrogen) atoms. The molecule has 2 aromatic rings. The largest absolute Gasteiger partial charge is 0.417 e. The molecule has 1 aliphatic heterocycles. The minimum Gasteiger partial charge on any atom is -0.380 e. The topological polar surface area (TPSA) is 85.5 Å². The number of nitrogens with one attached hydrogen (secondary N) is 1. The first-order chi connectivity index (χ1) is 15.4. The maximum atomic E-state index is 14.8. The third-order valence-corrected chi connectivity index (χ3v) is 5.96. The molecule has 0 radical (unpaired) electrons. The highest BCUT2D eigenvalue weighted by Crippen LogP contribution is 2.42. The average molecular weight is 465 g/mol. The summed E-state index contributed by atoms with van der Waals surface area (Å²) in [7, 11) is 0. The van der Waals surface area contributed by atoms with Crippen LogP contribution in [-0.4, -0.2) is 51.5 Å². The van der Waals surface area contributed by atoms with E-state index in [2.05, 4.69) is 15.0 Å². The number of amidine groups is 1. The average Bonchev–Trinajstić information content (AvgIpc) is 3.08. The first kappa shape index (κ1) is 24.8. The number of halogens is 4. The van der Waals surface area contributed by atoms with Crippen LogP contribution in [0.5, 0.6) is 0 Å². The molecule has 0 fully saturated rings. The first-order valence-electron chi connectivity index (χ1n) is 10.8. The third kappa shape index (κ3) is 4.48. The van der Waals surface area contributed by atoms with Crippen molar-refractivity contribution in [1.82, 2.24) is 9.97 Å². The van der Waals surface area contributed by atoms with Crippen molar-refractivity contribution in [2.24, 2.45) is 16.8 Å². The molecule has 0 amide bonds. The number of rotatable bonds is 8. The molecule has 0 saturated heterocycles. The van der Waals surface area contributed by atoms with Gasteiger partial charge in [-0.05, 0) is 36.6 Å². The van der Waals surface area contributed by atoms with Crippen LogP contribution in [0.4, 0.5) is 23.4 Å². The van der Waals surface area contributed by atoms with Crippen molar-refractivity contribution in [2.45, 2.75) is 45.9 Å². The van der Waals surface area contributed by atoms with Gasteiger partial charge < -0.3 is 10.0 Å². The van der Waals surface area contributed by atoms with Gasteiger partial charge in [0.1, 0.15) is 22.9 Å². The van der Waals surface area contributed by atoms with Crippen molar-refractivity contribution in [2.75, 3.05) is 18.0 Å². The van der Waals surface area contributed by atoms with Gasteiger partial charge in [-0.1, -0.05) is 27.7 Å². The number of fused-ring (bicyclic) bond motifs is 1. The lowest BCUT2D eigenvalue weighted by molar-refractivity contribution is -0.292. The first-order valence-corrected chi connectivity index (χ1v) is 10.8. The Morgan fingerprint density at radius 3 is 2.42 bits per heavy atom. The fraction of sp³-hybridized carbons (Fsp3) is 0.478. The Balaban J connectivity index is 1.99. The summed E-state index contributed by atoms with van der Waals surface area (Å²) >= 11 is 0. The maximum Gasteiger partial charge on any atom is 0.417 e. The molecule has 0 aromatic carbocycles. The summed E-state index contributed by atoms with van der Waals surface area (Å²) in [5.41, 5.74) is -2.07. The van der Waals surface area contributed by atoms with E-state index in [0.29, 0.717) is 24.2 Å². The van der Waals surface area contributed by atoms with Crippen LogP contribution in [0, 0.1) is 23.1 Å². The number of hydrogen-bond acceptors (Lipinski definition) is 5. The molecule has 1 aliphatic rings. The number of aliphatic hydroxyl groups is 1. The van der Waals surface area contributed by atoms with Crippen LogP contribution in [0.2, 0.25) is 0 Å². The van der Waals surface area contributed by atoms with Gasteiger partial charge in [-0.3, -0.25) is 10.4 Å². The Kier molecular flexibility index (Phi) is 6.88. The van der Waals surface area contributed by atoms with Gasteiger partial charge in [0.15, 0.2) is 17.3 Å².